The number of amides is 1. The van der Waals surface area contributed by atoms with Gasteiger partial charge < -0.3 is 9.32 Å². The molecule has 0 bridgehead atoms. The molecule has 2 aromatic heterocycles. The van der Waals surface area contributed by atoms with Gasteiger partial charge in [0.1, 0.15) is 5.76 Å². The predicted octanol–water partition coefficient (Wildman–Crippen LogP) is 3.63. The maximum absolute atomic E-state index is 12.6. The summed E-state index contributed by atoms with van der Waals surface area (Å²) in [4.78, 5) is 19.2. The molecule has 1 fully saturated rings. The number of furan rings is 1. The van der Waals surface area contributed by atoms with Crippen LogP contribution in [0.1, 0.15) is 52.5 Å². The molecule has 3 rings (SSSR count). The van der Waals surface area contributed by atoms with Crippen LogP contribution in [0.15, 0.2) is 22.1 Å². The van der Waals surface area contributed by atoms with Gasteiger partial charge in [-0.05, 0) is 32.3 Å². The van der Waals surface area contributed by atoms with Crippen molar-refractivity contribution in [2.45, 2.75) is 39.0 Å². The standard InChI is InChI=1S/C16H20N2O2S/c1-3-13-10-21-15(17-13)12-5-4-7-18(9-12)16(19)14-6-8-20-11(14)2/h6,8,10,12H,3-5,7,9H2,1-2H3/t12-/m1/s1. The first-order valence-corrected chi connectivity index (χ1v) is 8.34. The quantitative estimate of drug-likeness (QED) is 0.870. The van der Waals surface area contributed by atoms with E-state index in [-0.39, 0.29) is 5.91 Å². The van der Waals surface area contributed by atoms with Gasteiger partial charge in [0.05, 0.1) is 22.5 Å². The summed E-state index contributed by atoms with van der Waals surface area (Å²) in [6.45, 7) is 5.55. The van der Waals surface area contributed by atoms with Gasteiger partial charge in [0.2, 0.25) is 0 Å². The Kier molecular flexibility index (Phi) is 4.10. The number of piperidine rings is 1. The lowest BCUT2D eigenvalue weighted by Gasteiger charge is -2.31. The molecule has 112 valence electrons. The highest BCUT2D eigenvalue weighted by Gasteiger charge is 2.28. The van der Waals surface area contributed by atoms with Gasteiger partial charge >= 0.3 is 0 Å². The average molecular weight is 304 g/mol. The Labute approximate surface area is 128 Å². The molecule has 0 aliphatic carbocycles. The lowest BCUT2D eigenvalue weighted by molar-refractivity contribution is 0.0705. The van der Waals surface area contributed by atoms with Crippen molar-refractivity contribution in [1.82, 2.24) is 9.88 Å². The van der Waals surface area contributed by atoms with Gasteiger partial charge in [-0.15, -0.1) is 11.3 Å². The fourth-order valence-electron chi connectivity index (χ4n) is 2.81. The number of carbonyl (C=O) groups is 1. The topological polar surface area (TPSA) is 46.3 Å². The molecule has 0 saturated carbocycles. The summed E-state index contributed by atoms with van der Waals surface area (Å²) in [6.07, 6.45) is 4.71. The van der Waals surface area contributed by atoms with Crippen LogP contribution in [0.2, 0.25) is 0 Å². The molecular weight excluding hydrogens is 284 g/mol. The minimum Gasteiger partial charge on any atom is -0.469 e. The van der Waals surface area contributed by atoms with Gasteiger partial charge in [0.25, 0.3) is 5.91 Å². The van der Waals surface area contributed by atoms with Crippen LogP contribution in [-0.2, 0) is 6.42 Å². The van der Waals surface area contributed by atoms with Crippen molar-refractivity contribution in [1.29, 1.82) is 0 Å². The van der Waals surface area contributed by atoms with Crippen LogP contribution >= 0.6 is 11.3 Å². The maximum Gasteiger partial charge on any atom is 0.257 e. The SMILES string of the molecule is CCc1csc([C@@H]2CCCN(C(=O)c3ccoc3C)C2)n1. The fraction of sp³-hybridized carbons (Fsp3) is 0.500. The Balaban J connectivity index is 1.74. The summed E-state index contributed by atoms with van der Waals surface area (Å²) >= 11 is 1.73. The molecule has 2 aromatic rings. The van der Waals surface area contributed by atoms with Gasteiger partial charge in [-0.25, -0.2) is 4.98 Å². The van der Waals surface area contributed by atoms with E-state index in [0.29, 0.717) is 17.2 Å². The molecule has 0 aromatic carbocycles. The second-order valence-corrected chi connectivity index (χ2v) is 6.40. The van der Waals surface area contributed by atoms with Crippen LogP contribution in [0, 0.1) is 6.92 Å². The van der Waals surface area contributed by atoms with Crippen LogP contribution in [-0.4, -0.2) is 28.9 Å². The largest absolute Gasteiger partial charge is 0.469 e. The maximum atomic E-state index is 12.6. The zero-order valence-electron chi connectivity index (χ0n) is 12.5. The number of aromatic nitrogens is 1. The summed E-state index contributed by atoms with van der Waals surface area (Å²) in [7, 11) is 0. The Hall–Kier alpha value is -1.62. The van der Waals surface area contributed by atoms with Crippen LogP contribution in [0.5, 0.6) is 0 Å². The molecule has 21 heavy (non-hydrogen) atoms. The number of nitrogens with zero attached hydrogens (tertiary/aromatic N) is 2. The van der Waals surface area contributed by atoms with Crippen molar-refractivity contribution in [3.63, 3.8) is 0 Å². The van der Waals surface area contributed by atoms with Crippen molar-refractivity contribution < 1.29 is 9.21 Å². The summed E-state index contributed by atoms with van der Waals surface area (Å²) in [6, 6.07) is 1.76. The average Bonchev–Trinajstić information content (AvgIpc) is 3.15. The second-order valence-electron chi connectivity index (χ2n) is 5.51. The van der Waals surface area contributed by atoms with Gasteiger partial charge in [-0.1, -0.05) is 6.92 Å². The zero-order chi connectivity index (χ0) is 14.8. The Bertz CT molecular complexity index is 632. The molecule has 0 N–H and O–H groups in total. The summed E-state index contributed by atoms with van der Waals surface area (Å²) in [5.41, 5.74) is 1.84. The molecule has 5 heteroatoms. The molecule has 1 amide bonds. The minimum absolute atomic E-state index is 0.0817. The number of aryl methyl sites for hydroxylation is 2. The molecule has 1 saturated heterocycles. The number of carbonyl (C=O) groups excluding carboxylic acids is 1. The number of likely N-dealkylation sites (tertiary alicyclic amines) is 1. The first-order valence-electron chi connectivity index (χ1n) is 7.46. The molecular formula is C16H20N2O2S. The van der Waals surface area contributed by atoms with Crippen molar-refractivity contribution in [2.75, 3.05) is 13.1 Å². The highest BCUT2D eigenvalue weighted by Crippen LogP contribution is 2.30. The number of hydrogen-bond donors (Lipinski definition) is 0. The summed E-state index contributed by atoms with van der Waals surface area (Å²) in [5, 5.41) is 3.31. The van der Waals surface area contributed by atoms with Crippen molar-refractivity contribution in [3.05, 3.63) is 39.7 Å². The van der Waals surface area contributed by atoms with E-state index in [1.807, 2.05) is 11.8 Å². The van der Waals surface area contributed by atoms with Gasteiger partial charge in [-0.3, -0.25) is 4.79 Å². The lowest BCUT2D eigenvalue weighted by atomic mass is 9.98. The first kappa shape index (κ1) is 14.3. The van der Waals surface area contributed by atoms with Gasteiger partial charge in [-0.2, -0.15) is 0 Å². The third-order valence-corrected chi connectivity index (χ3v) is 5.13. The Morgan fingerprint density at radius 3 is 3.10 bits per heavy atom. The molecule has 1 atom stereocenters. The van der Waals surface area contributed by atoms with Crippen molar-refractivity contribution >= 4 is 17.2 Å². The predicted molar refractivity (Wildman–Crippen MR) is 82.8 cm³/mol. The lowest BCUT2D eigenvalue weighted by Crippen LogP contribution is -2.39. The number of rotatable bonds is 3. The van der Waals surface area contributed by atoms with E-state index in [1.165, 1.54) is 5.01 Å². The van der Waals surface area contributed by atoms with Crippen LogP contribution in [0.4, 0.5) is 0 Å². The van der Waals surface area contributed by atoms with Crippen LogP contribution in [0.3, 0.4) is 0 Å². The Morgan fingerprint density at radius 1 is 1.57 bits per heavy atom. The highest BCUT2D eigenvalue weighted by atomic mass is 32.1. The van der Waals surface area contributed by atoms with Crippen LogP contribution < -0.4 is 0 Å². The van der Waals surface area contributed by atoms with Crippen molar-refractivity contribution in [2.24, 2.45) is 0 Å². The third kappa shape index (κ3) is 2.88. The third-order valence-electron chi connectivity index (χ3n) is 4.08. The molecule has 0 spiro atoms. The highest BCUT2D eigenvalue weighted by molar-refractivity contribution is 7.09. The van der Waals surface area contributed by atoms with Crippen LogP contribution in [0.25, 0.3) is 0 Å². The molecule has 1 aliphatic heterocycles. The normalized spacial score (nSPS) is 19.0. The van der Waals surface area contributed by atoms with Crippen molar-refractivity contribution in [3.8, 4) is 0 Å². The van der Waals surface area contributed by atoms with E-state index in [0.717, 1.165) is 38.0 Å². The van der Waals surface area contributed by atoms with E-state index in [2.05, 4.69) is 17.3 Å². The Morgan fingerprint density at radius 2 is 2.43 bits per heavy atom. The molecule has 3 heterocycles. The molecule has 0 unspecified atom stereocenters. The molecule has 0 radical (unpaired) electrons. The second kappa shape index (κ2) is 6.02. The molecule has 4 nitrogen and oxygen atoms in total. The first-order chi connectivity index (χ1) is 10.2. The number of hydrogen-bond acceptors (Lipinski definition) is 4. The van der Waals surface area contributed by atoms with E-state index >= 15 is 0 Å². The molecule has 1 aliphatic rings. The van der Waals surface area contributed by atoms with Gasteiger partial charge in [0.15, 0.2) is 0 Å². The van der Waals surface area contributed by atoms with E-state index in [1.54, 1.807) is 23.7 Å². The van der Waals surface area contributed by atoms with E-state index in [4.69, 9.17) is 4.42 Å². The summed E-state index contributed by atoms with van der Waals surface area (Å²) < 4.78 is 5.25. The number of thiazole rings is 1. The minimum atomic E-state index is 0.0817. The summed E-state index contributed by atoms with van der Waals surface area (Å²) in [5.74, 6) is 1.16. The zero-order valence-corrected chi connectivity index (χ0v) is 13.3. The smallest absolute Gasteiger partial charge is 0.257 e. The van der Waals surface area contributed by atoms with E-state index in [9.17, 15) is 4.79 Å². The van der Waals surface area contributed by atoms with E-state index < -0.39 is 0 Å². The monoisotopic (exact) mass is 304 g/mol. The fourth-order valence-corrected chi connectivity index (χ4v) is 3.84. The van der Waals surface area contributed by atoms with Gasteiger partial charge in [0, 0.05) is 24.4 Å².